The van der Waals surface area contributed by atoms with Gasteiger partial charge in [-0.25, -0.2) is 18.1 Å². The Balaban J connectivity index is 0.775. The number of nitrogens with one attached hydrogen (secondary N) is 3. The van der Waals surface area contributed by atoms with Crippen molar-refractivity contribution in [1.29, 1.82) is 0 Å². The number of sulfonamides is 1. The van der Waals surface area contributed by atoms with Crippen molar-refractivity contribution in [3.63, 3.8) is 0 Å². The summed E-state index contributed by atoms with van der Waals surface area (Å²) >= 11 is 0. The number of carbonyl (C=O) groups is 1. The van der Waals surface area contributed by atoms with E-state index in [1.54, 1.807) is 36.5 Å². The number of nitro benzene ring substituents is 1. The van der Waals surface area contributed by atoms with Gasteiger partial charge in [-0.15, -0.1) is 0 Å². The third-order valence-electron chi connectivity index (χ3n) is 16.5. The summed E-state index contributed by atoms with van der Waals surface area (Å²) < 4.78 is 62.8. The van der Waals surface area contributed by atoms with Crippen molar-refractivity contribution in [1.82, 2.24) is 24.5 Å². The second-order valence-electron chi connectivity index (χ2n) is 22.0. The van der Waals surface area contributed by atoms with Crippen LogP contribution in [0, 0.1) is 21.4 Å². The average Bonchev–Trinajstić information content (AvgIpc) is 4.00. The second kappa shape index (κ2) is 20.4. The Kier molecular flexibility index (Phi) is 13.1. The molecule has 1 unspecified atom stereocenters. The van der Waals surface area contributed by atoms with Crippen LogP contribution in [0.25, 0.3) is 11.0 Å². The van der Waals surface area contributed by atoms with Crippen molar-refractivity contribution in [3.05, 3.63) is 136 Å². The van der Waals surface area contributed by atoms with Crippen LogP contribution in [-0.4, -0.2) is 102 Å². The van der Waals surface area contributed by atoms with E-state index in [1.165, 1.54) is 29.5 Å². The first kappa shape index (κ1) is 47.9. The molecule has 4 aromatic carbocycles. The number of nitrogens with zero attached hydrogens (tertiary/aromatic N) is 5. The van der Waals surface area contributed by atoms with Crippen LogP contribution in [0.15, 0.2) is 108 Å². The number of aromatic amines is 1. The van der Waals surface area contributed by atoms with E-state index >= 15 is 0 Å². The zero-order valence-corrected chi connectivity index (χ0v) is 43.4. The molecule has 1 atom stereocenters. The number of pyridine rings is 1. The number of amides is 1. The van der Waals surface area contributed by atoms with Gasteiger partial charge in [0, 0.05) is 87.3 Å². The quantitative estimate of drug-likeness (QED) is 0.0559. The Morgan fingerprint density at radius 3 is 2.55 bits per heavy atom. The molecule has 4 N–H and O–H groups in total. The number of aromatic nitrogens is 2. The monoisotopic (exact) mass is 1040 g/mol. The minimum absolute atomic E-state index is 0.0463. The van der Waals surface area contributed by atoms with Crippen molar-refractivity contribution in [2.75, 3.05) is 56.2 Å². The number of hydrogen-bond acceptors (Lipinski definition) is 14. The number of ether oxygens (including phenoxy) is 3. The van der Waals surface area contributed by atoms with Gasteiger partial charge in [-0.1, -0.05) is 44.2 Å². The zero-order valence-electron chi connectivity index (χ0n) is 44.6. The van der Waals surface area contributed by atoms with E-state index in [0.717, 1.165) is 94.0 Å². The number of rotatable bonds is 15. The molecule has 5 aliphatic rings. The van der Waals surface area contributed by atoms with Gasteiger partial charge in [-0.3, -0.25) is 24.7 Å². The Hall–Kier alpha value is -6.73. The second-order valence-corrected chi connectivity index (χ2v) is 23.6. The molecule has 2 saturated heterocycles. The molecule has 2 aliphatic carbocycles. The number of H-pyrrole nitrogens is 1. The highest BCUT2D eigenvalue weighted by molar-refractivity contribution is 7.90. The molecular formula is C57H66N8O9S. The number of hydrogen-bond donors (Lipinski definition) is 4. The highest BCUT2D eigenvalue weighted by atomic mass is 32.2. The highest BCUT2D eigenvalue weighted by Gasteiger charge is 2.50. The molecule has 18 heteroatoms. The molecule has 75 heavy (non-hydrogen) atoms. The van der Waals surface area contributed by atoms with Gasteiger partial charge in [0.1, 0.15) is 25.6 Å². The first-order chi connectivity index (χ1) is 36.8. The Labute approximate surface area is 440 Å². The number of piperidine rings is 1. The van der Waals surface area contributed by atoms with Gasteiger partial charge in [0.2, 0.25) is 6.75 Å². The molecule has 11 rings (SSSR count). The molecule has 3 aliphatic heterocycles. The van der Waals surface area contributed by atoms with Crippen LogP contribution in [0.4, 0.5) is 17.1 Å². The fourth-order valence-electron chi connectivity index (χ4n) is 12.1. The minimum Gasteiger partial charge on any atom is -0.455 e. The van der Waals surface area contributed by atoms with Crippen LogP contribution in [-0.2, 0) is 16.6 Å². The maximum atomic E-state index is 14.1. The lowest BCUT2D eigenvalue weighted by atomic mass is 9.59. The summed E-state index contributed by atoms with van der Waals surface area (Å²) in [5, 5.41) is 26.5. The van der Waals surface area contributed by atoms with Gasteiger partial charge in [0.15, 0.2) is 11.5 Å². The highest BCUT2D eigenvalue weighted by Crippen LogP contribution is 2.53. The average molecular weight is 1040 g/mol. The van der Waals surface area contributed by atoms with Crippen LogP contribution < -0.4 is 29.1 Å². The molecule has 1 amide bonds. The number of piperazine rings is 1. The summed E-state index contributed by atoms with van der Waals surface area (Å²) in [6.07, 6.45) is 10.2. The SMILES string of the molecule is [2H]C1([2H])Oc2ccc(CN3CCN(C4CC5(CCN(c6ccc(C(=O)NS(=O)(=O)c7ccc(NCC8CCC(C)(O)CC8)c([N+](=O)[O-])c7)c(Oc7cnc8[nH]ccc8c7)c6)CC5)C4)C(c4ccccc4C(C)C)C3)cc2O1. The molecule has 1 spiro atoms. The topological polar surface area (TPSA) is 205 Å². The maximum Gasteiger partial charge on any atom is 0.293 e. The van der Waals surface area contributed by atoms with E-state index in [2.05, 4.69) is 72.8 Å². The van der Waals surface area contributed by atoms with Crippen molar-refractivity contribution in [3.8, 4) is 23.0 Å². The van der Waals surface area contributed by atoms with Crippen LogP contribution in [0.3, 0.4) is 0 Å². The molecule has 6 aromatic rings. The summed E-state index contributed by atoms with van der Waals surface area (Å²) in [7, 11) is -4.61. The van der Waals surface area contributed by atoms with Crippen LogP contribution in [0.2, 0.25) is 0 Å². The lowest BCUT2D eigenvalue weighted by Crippen LogP contribution is -2.60. The molecule has 0 radical (unpaired) electrons. The van der Waals surface area contributed by atoms with Gasteiger partial charge < -0.3 is 34.5 Å². The Bertz CT molecular complexity index is 3310. The van der Waals surface area contributed by atoms with Gasteiger partial charge >= 0.3 is 0 Å². The lowest BCUT2D eigenvalue weighted by Gasteiger charge is -2.58. The molecule has 5 heterocycles. The van der Waals surface area contributed by atoms with E-state index in [-0.39, 0.29) is 34.4 Å². The Morgan fingerprint density at radius 1 is 0.973 bits per heavy atom. The minimum atomic E-state index is -4.61. The molecule has 0 bridgehead atoms. The molecule has 17 nitrogen and oxygen atoms in total. The molecule has 394 valence electrons. The van der Waals surface area contributed by atoms with Crippen LogP contribution in [0.1, 0.15) is 114 Å². The van der Waals surface area contributed by atoms with Gasteiger partial charge in [-0.2, -0.15) is 0 Å². The maximum absolute atomic E-state index is 14.1. The van der Waals surface area contributed by atoms with Crippen LogP contribution >= 0.6 is 0 Å². The standard InChI is InChI=1S/C57H66N8O9S/c1-37(2)45-6-4-5-7-46(45)50-35-62(34-39-8-13-51-53(26-39)73-36-72-51)24-25-64(50)42-30-57(31-42)19-22-63(23-20-57)41-9-11-47(52(28-41)74-43-27-40-16-21-58-54(40)60-33-43)55(66)61-75(70,71)44-10-12-48(49(29-44)65(68)69)59-32-38-14-17-56(3,67)18-15-38/h4-13,16,21,26-29,33,37-38,42,50,59,67H,14-15,17-20,22-25,30-32,34-36H2,1-3H3,(H,58,60)(H,61,66)/i36D2. The summed E-state index contributed by atoms with van der Waals surface area (Å²) in [4.78, 5) is 40.3. The van der Waals surface area contributed by atoms with Gasteiger partial charge in [0.05, 0.1) is 27.2 Å². The lowest BCUT2D eigenvalue weighted by molar-refractivity contribution is -0.384. The summed E-state index contributed by atoms with van der Waals surface area (Å²) in [6.45, 7) is 9.52. The summed E-state index contributed by atoms with van der Waals surface area (Å²) in [6, 6.07) is 27.4. The number of fused-ring (bicyclic) bond motifs is 2. The first-order valence-corrected chi connectivity index (χ1v) is 27.7. The van der Waals surface area contributed by atoms with Gasteiger partial charge in [0.25, 0.3) is 21.6 Å². The third kappa shape index (κ3) is 10.8. The molecular weight excluding hydrogens is 973 g/mol. The third-order valence-corrected chi connectivity index (χ3v) is 17.8. The van der Waals surface area contributed by atoms with E-state index in [1.807, 2.05) is 25.1 Å². The van der Waals surface area contributed by atoms with E-state index in [0.29, 0.717) is 60.8 Å². The number of benzene rings is 4. The molecule has 2 saturated carbocycles. The summed E-state index contributed by atoms with van der Waals surface area (Å²) in [5.41, 5.74) is 4.39. The first-order valence-electron chi connectivity index (χ1n) is 27.2. The zero-order chi connectivity index (χ0) is 53.9. The van der Waals surface area contributed by atoms with Gasteiger partial charge in [-0.05, 0) is 141 Å². The Morgan fingerprint density at radius 2 is 1.76 bits per heavy atom. The molecule has 4 fully saturated rings. The normalized spacial score (nSPS) is 23.1. The number of aliphatic hydroxyl groups is 1. The predicted molar refractivity (Wildman–Crippen MR) is 286 cm³/mol. The number of carbonyl (C=O) groups excluding carboxylic acids is 1. The number of anilines is 2. The largest absolute Gasteiger partial charge is 0.455 e. The molecule has 2 aromatic heterocycles. The smallest absolute Gasteiger partial charge is 0.293 e. The fourth-order valence-corrected chi connectivity index (χ4v) is 13.1. The fraction of sp³-hybridized carbons (Fsp3) is 0.439. The number of nitro groups is 1. The van der Waals surface area contributed by atoms with E-state index < -0.39 is 43.8 Å². The van der Waals surface area contributed by atoms with E-state index in [9.17, 15) is 28.4 Å². The van der Waals surface area contributed by atoms with Crippen molar-refractivity contribution < 1.29 is 40.2 Å². The van der Waals surface area contributed by atoms with Crippen molar-refractivity contribution >= 4 is 44.0 Å². The van der Waals surface area contributed by atoms with Crippen LogP contribution in [0.5, 0.6) is 23.0 Å². The van der Waals surface area contributed by atoms with E-state index in [4.69, 9.17) is 17.0 Å². The van der Waals surface area contributed by atoms with Crippen molar-refractivity contribution in [2.45, 2.75) is 107 Å². The summed E-state index contributed by atoms with van der Waals surface area (Å²) in [5.74, 6) is 0.897. The predicted octanol–water partition coefficient (Wildman–Crippen LogP) is 9.90. The van der Waals surface area contributed by atoms with Crippen molar-refractivity contribution in [2.24, 2.45) is 11.3 Å².